The third kappa shape index (κ3) is 3.99. The van der Waals surface area contributed by atoms with Crippen molar-refractivity contribution in [3.63, 3.8) is 0 Å². The van der Waals surface area contributed by atoms with Gasteiger partial charge in [0.1, 0.15) is 11.2 Å². The van der Waals surface area contributed by atoms with Crippen LogP contribution in [0.15, 0.2) is 176 Å². The summed E-state index contributed by atoms with van der Waals surface area (Å²) in [6.07, 6.45) is 0. The molecule has 1 aliphatic heterocycles. The second kappa shape index (κ2) is 11.0. The van der Waals surface area contributed by atoms with E-state index in [1.807, 2.05) is 60.7 Å². The molecule has 1 unspecified atom stereocenters. The number of para-hydroxylation sites is 3. The zero-order chi connectivity index (χ0) is 34.2. The van der Waals surface area contributed by atoms with Gasteiger partial charge in [-0.05, 0) is 57.1 Å². The molecule has 3 heterocycles. The van der Waals surface area contributed by atoms with Crippen LogP contribution in [-0.2, 0) is 5.41 Å². The molecule has 1 spiro atoms. The summed E-state index contributed by atoms with van der Waals surface area (Å²) in [5, 5.41) is 0. The second-order valence-corrected chi connectivity index (χ2v) is 13.4. The molecule has 242 valence electrons. The Morgan fingerprint density at radius 3 is 1.60 bits per heavy atom. The van der Waals surface area contributed by atoms with Gasteiger partial charge >= 0.3 is 0 Å². The number of rotatable bonds is 4. The van der Waals surface area contributed by atoms with Gasteiger partial charge in [-0.3, -0.25) is 4.57 Å². The van der Waals surface area contributed by atoms with E-state index in [1.54, 1.807) is 0 Å². The first-order valence-corrected chi connectivity index (χ1v) is 17.6. The minimum Gasteiger partial charge on any atom is -0.295 e. The molecule has 0 bridgehead atoms. The molecule has 7 aromatic carbocycles. The van der Waals surface area contributed by atoms with Crippen LogP contribution in [0.1, 0.15) is 22.5 Å². The quantitative estimate of drug-likeness (QED) is 0.188. The average Bonchev–Trinajstić information content (AvgIpc) is 3.85. The highest BCUT2D eigenvalue weighted by Crippen LogP contribution is 2.61. The number of aromatic nitrogens is 5. The standard InChI is InChI=1S/C47H29N5/c1-3-14-31(15-4-1)43-49-44(32-16-5-2-6-17-32)51-45(50-43)33-28-26-30(27-29-33)34-19-13-22-38-42(34)35-18-7-8-20-36(35)47(38)37-21-9-11-24-40(37)52-41-25-12-10-23-39(41)48-46(47)52/h1-29H. The lowest BCUT2D eigenvalue weighted by Gasteiger charge is -2.27. The topological polar surface area (TPSA) is 56.5 Å². The maximum absolute atomic E-state index is 5.39. The Labute approximate surface area is 300 Å². The monoisotopic (exact) mass is 663 g/mol. The van der Waals surface area contributed by atoms with E-state index in [4.69, 9.17) is 19.9 Å². The van der Waals surface area contributed by atoms with Crippen LogP contribution in [-0.4, -0.2) is 24.5 Å². The number of benzene rings is 7. The zero-order valence-corrected chi connectivity index (χ0v) is 28.0. The molecule has 0 N–H and O–H groups in total. The molecule has 5 nitrogen and oxygen atoms in total. The van der Waals surface area contributed by atoms with Crippen LogP contribution >= 0.6 is 0 Å². The van der Waals surface area contributed by atoms with Crippen molar-refractivity contribution in [3.8, 4) is 62.1 Å². The third-order valence-electron chi connectivity index (χ3n) is 10.7. The number of imidazole rings is 1. The molecule has 5 heteroatoms. The maximum Gasteiger partial charge on any atom is 0.164 e. The van der Waals surface area contributed by atoms with Crippen molar-refractivity contribution in [2.24, 2.45) is 0 Å². The van der Waals surface area contributed by atoms with E-state index in [0.717, 1.165) is 39.1 Å². The lowest BCUT2D eigenvalue weighted by molar-refractivity contribution is 0.738. The fraction of sp³-hybridized carbons (Fsp3) is 0.0213. The molecule has 0 saturated heterocycles. The van der Waals surface area contributed by atoms with E-state index >= 15 is 0 Å². The second-order valence-electron chi connectivity index (χ2n) is 13.4. The molecule has 0 fully saturated rings. The normalized spacial score (nSPS) is 15.0. The van der Waals surface area contributed by atoms with Crippen molar-refractivity contribution in [3.05, 3.63) is 198 Å². The van der Waals surface area contributed by atoms with Crippen LogP contribution in [0.2, 0.25) is 0 Å². The largest absolute Gasteiger partial charge is 0.295 e. The van der Waals surface area contributed by atoms with Crippen LogP contribution in [0.3, 0.4) is 0 Å². The van der Waals surface area contributed by atoms with E-state index < -0.39 is 5.41 Å². The highest BCUT2D eigenvalue weighted by atomic mass is 15.1. The molecule has 0 radical (unpaired) electrons. The van der Waals surface area contributed by atoms with Crippen LogP contribution in [0, 0.1) is 0 Å². The molecule has 1 aliphatic carbocycles. The van der Waals surface area contributed by atoms with Crippen molar-refractivity contribution in [1.82, 2.24) is 24.5 Å². The number of hydrogen-bond acceptors (Lipinski definition) is 4. The summed E-state index contributed by atoms with van der Waals surface area (Å²) >= 11 is 0. The molecule has 52 heavy (non-hydrogen) atoms. The summed E-state index contributed by atoms with van der Waals surface area (Å²) in [6.45, 7) is 0. The predicted octanol–water partition coefficient (Wildman–Crippen LogP) is 10.6. The Morgan fingerprint density at radius 2 is 0.885 bits per heavy atom. The van der Waals surface area contributed by atoms with Gasteiger partial charge in [-0.2, -0.15) is 0 Å². The van der Waals surface area contributed by atoms with Gasteiger partial charge in [0.05, 0.1) is 16.7 Å². The first-order valence-electron chi connectivity index (χ1n) is 17.6. The Kier molecular flexibility index (Phi) is 6.10. The summed E-state index contributed by atoms with van der Waals surface area (Å²) in [5.41, 5.74) is 14.2. The molecular weight excluding hydrogens is 635 g/mol. The first kappa shape index (κ1) is 28.8. The van der Waals surface area contributed by atoms with Gasteiger partial charge in [-0.25, -0.2) is 19.9 Å². The fourth-order valence-electron chi connectivity index (χ4n) is 8.46. The average molecular weight is 664 g/mol. The molecule has 2 aromatic heterocycles. The predicted molar refractivity (Wildman–Crippen MR) is 207 cm³/mol. The lowest BCUT2D eigenvalue weighted by atomic mass is 9.73. The molecule has 2 aliphatic rings. The molecule has 1 atom stereocenters. The van der Waals surface area contributed by atoms with E-state index in [9.17, 15) is 0 Å². The fourth-order valence-corrected chi connectivity index (χ4v) is 8.46. The summed E-state index contributed by atoms with van der Waals surface area (Å²) < 4.78 is 2.38. The van der Waals surface area contributed by atoms with Crippen LogP contribution in [0.25, 0.3) is 73.1 Å². The van der Waals surface area contributed by atoms with E-state index in [1.165, 1.54) is 39.1 Å². The van der Waals surface area contributed by atoms with Crippen molar-refractivity contribution in [2.45, 2.75) is 5.41 Å². The van der Waals surface area contributed by atoms with Gasteiger partial charge in [0.15, 0.2) is 17.5 Å². The molecule has 0 saturated carbocycles. The van der Waals surface area contributed by atoms with Gasteiger partial charge in [0.2, 0.25) is 0 Å². The van der Waals surface area contributed by atoms with Gasteiger partial charge < -0.3 is 0 Å². The van der Waals surface area contributed by atoms with E-state index in [-0.39, 0.29) is 0 Å². The van der Waals surface area contributed by atoms with Gasteiger partial charge in [0, 0.05) is 16.7 Å². The van der Waals surface area contributed by atoms with Gasteiger partial charge in [-0.1, -0.05) is 158 Å². The third-order valence-corrected chi connectivity index (χ3v) is 10.7. The maximum atomic E-state index is 5.39. The SMILES string of the molecule is c1ccc(-c2nc(-c3ccccc3)nc(-c3ccc(-c4cccc5c4-c4ccccc4C54c5ccccc5-n5c4nc4ccccc45)cc3)n2)cc1. The van der Waals surface area contributed by atoms with Crippen molar-refractivity contribution >= 4 is 11.0 Å². The lowest BCUT2D eigenvalue weighted by Crippen LogP contribution is -2.27. The first-order chi connectivity index (χ1) is 25.8. The minimum atomic E-state index is -0.538. The number of hydrogen-bond donors (Lipinski definition) is 0. The Bertz CT molecular complexity index is 2780. The molecular formula is C47H29N5. The minimum absolute atomic E-state index is 0.538. The summed E-state index contributed by atoms with van der Waals surface area (Å²) in [6, 6.07) is 61.8. The summed E-state index contributed by atoms with van der Waals surface area (Å²) in [4.78, 5) is 20.2. The zero-order valence-electron chi connectivity index (χ0n) is 28.0. The van der Waals surface area contributed by atoms with Crippen molar-refractivity contribution in [1.29, 1.82) is 0 Å². The van der Waals surface area contributed by atoms with Crippen molar-refractivity contribution < 1.29 is 0 Å². The number of nitrogens with zero attached hydrogens (tertiary/aromatic N) is 5. The number of fused-ring (bicyclic) bond motifs is 12. The Balaban J connectivity index is 1.09. The Morgan fingerprint density at radius 1 is 0.365 bits per heavy atom. The highest BCUT2D eigenvalue weighted by molar-refractivity contribution is 5.97. The smallest absolute Gasteiger partial charge is 0.164 e. The van der Waals surface area contributed by atoms with E-state index in [0.29, 0.717) is 17.5 Å². The molecule has 0 amide bonds. The van der Waals surface area contributed by atoms with Gasteiger partial charge in [0.25, 0.3) is 0 Å². The van der Waals surface area contributed by atoms with Crippen LogP contribution in [0.5, 0.6) is 0 Å². The molecule has 9 aromatic rings. The highest BCUT2D eigenvalue weighted by Gasteiger charge is 2.54. The van der Waals surface area contributed by atoms with Crippen LogP contribution < -0.4 is 0 Å². The Hall–Kier alpha value is -6.98. The van der Waals surface area contributed by atoms with E-state index in [2.05, 4.69) is 120 Å². The summed E-state index contributed by atoms with van der Waals surface area (Å²) in [5.74, 6) is 2.99. The van der Waals surface area contributed by atoms with Crippen molar-refractivity contribution in [2.75, 3.05) is 0 Å². The van der Waals surface area contributed by atoms with Crippen LogP contribution in [0.4, 0.5) is 0 Å². The molecule has 11 rings (SSSR count). The summed E-state index contributed by atoms with van der Waals surface area (Å²) in [7, 11) is 0. The van der Waals surface area contributed by atoms with Gasteiger partial charge in [-0.15, -0.1) is 0 Å².